The van der Waals surface area contributed by atoms with E-state index in [4.69, 9.17) is 5.84 Å². The van der Waals surface area contributed by atoms with Crippen molar-refractivity contribution < 1.29 is 4.79 Å². The minimum Gasteiger partial charge on any atom is -0.373 e. The van der Waals surface area contributed by atoms with Crippen LogP contribution in [-0.2, 0) is 11.3 Å². The molecule has 0 radical (unpaired) electrons. The number of hydrogen-bond acceptors (Lipinski definition) is 5. The van der Waals surface area contributed by atoms with Gasteiger partial charge in [0.25, 0.3) is 5.56 Å². The molecule has 7 nitrogen and oxygen atoms in total. The molecule has 0 saturated carbocycles. The maximum atomic E-state index is 11.8. The fourth-order valence-corrected chi connectivity index (χ4v) is 1.54. The van der Waals surface area contributed by atoms with E-state index in [0.29, 0.717) is 0 Å². The molecular weight excluding hydrogens is 234 g/mol. The highest BCUT2D eigenvalue weighted by atomic mass is 16.2. The van der Waals surface area contributed by atoms with Gasteiger partial charge in [0.15, 0.2) is 0 Å². The number of hydrazine groups is 1. The fourth-order valence-electron chi connectivity index (χ4n) is 1.54. The number of nitrogens with two attached hydrogens (primary N) is 1. The number of carbonyl (C=O) groups excluding carboxylic acids is 1. The lowest BCUT2D eigenvalue weighted by Gasteiger charge is -2.17. The van der Waals surface area contributed by atoms with Crippen molar-refractivity contribution in [3.63, 3.8) is 0 Å². The van der Waals surface area contributed by atoms with Gasteiger partial charge in [0.05, 0.1) is 18.4 Å². The van der Waals surface area contributed by atoms with Crippen molar-refractivity contribution in [3.8, 4) is 0 Å². The molecule has 1 rings (SSSR count). The summed E-state index contributed by atoms with van der Waals surface area (Å²) in [5.74, 6) is 4.63. The summed E-state index contributed by atoms with van der Waals surface area (Å²) < 4.78 is 1.25. The molecule has 0 unspecified atom stereocenters. The topological polar surface area (TPSA) is 93.2 Å². The third-order valence-electron chi connectivity index (χ3n) is 2.57. The molecule has 0 fully saturated rings. The van der Waals surface area contributed by atoms with E-state index in [-0.39, 0.29) is 24.4 Å². The van der Waals surface area contributed by atoms with Crippen LogP contribution < -0.4 is 21.7 Å². The van der Waals surface area contributed by atoms with Crippen molar-refractivity contribution in [1.82, 2.24) is 15.2 Å². The van der Waals surface area contributed by atoms with Crippen LogP contribution in [-0.4, -0.2) is 29.3 Å². The van der Waals surface area contributed by atoms with Crippen molar-refractivity contribution in [2.24, 2.45) is 5.84 Å². The summed E-state index contributed by atoms with van der Waals surface area (Å²) in [6.07, 6.45) is 2.75. The zero-order valence-electron chi connectivity index (χ0n) is 10.7. The third kappa shape index (κ3) is 3.85. The van der Waals surface area contributed by atoms with Gasteiger partial charge in [-0.15, -0.1) is 0 Å². The monoisotopic (exact) mass is 253 g/mol. The maximum absolute atomic E-state index is 11.8. The molecule has 18 heavy (non-hydrogen) atoms. The van der Waals surface area contributed by atoms with Crippen LogP contribution in [0.2, 0.25) is 0 Å². The maximum Gasteiger partial charge on any atom is 0.268 e. The van der Waals surface area contributed by atoms with Gasteiger partial charge in [0, 0.05) is 26.1 Å². The summed E-state index contributed by atoms with van der Waals surface area (Å²) in [4.78, 5) is 24.7. The van der Waals surface area contributed by atoms with Gasteiger partial charge in [-0.25, -0.2) is 10.5 Å². The van der Waals surface area contributed by atoms with E-state index in [2.05, 4.69) is 12.0 Å². The minimum absolute atomic E-state index is 0.132. The van der Waals surface area contributed by atoms with Crippen LogP contribution in [0.3, 0.4) is 0 Å². The fraction of sp³-hybridized carbons (Fsp3) is 0.545. The molecule has 0 aliphatic carbocycles. The first-order valence-electron chi connectivity index (χ1n) is 5.86. The van der Waals surface area contributed by atoms with Crippen LogP contribution in [0.25, 0.3) is 0 Å². The first kappa shape index (κ1) is 14.2. The van der Waals surface area contributed by atoms with E-state index >= 15 is 0 Å². The summed E-state index contributed by atoms with van der Waals surface area (Å²) in [5, 5.41) is 4.03. The van der Waals surface area contributed by atoms with Gasteiger partial charge in [-0.1, -0.05) is 6.92 Å². The lowest BCUT2D eigenvalue weighted by Crippen LogP contribution is -2.32. The summed E-state index contributed by atoms with van der Waals surface area (Å²) >= 11 is 0. The molecule has 0 aromatic carbocycles. The van der Waals surface area contributed by atoms with Gasteiger partial charge in [0.2, 0.25) is 5.91 Å². The third-order valence-corrected chi connectivity index (χ3v) is 2.57. The van der Waals surface area contributed by atoms with Gasteiger partial charge in [-0.3, -0.25) is 15.0 Å². The van der Waals surface area contributed by atoms with Gasteiger partial charge in [0.1, 0.15) is 0 Å². The standard InChI is InChI=1S/C11H19N5O2/c1-3-5-15(2)9-7-11(18)16(13-8-9)6-4-10(17)14-12/h7-8H,3-6,12H2,1-2H3,(H,14,17). The molecule has 1 aromatic rings. The van der Waals surface area contributed by atoms with E-state index in [1.54, 1.807) is 6.20 Å². The lowest BCUT2D eigenvalue weighted by atomic mass is 10.3. The average molecular weight is 253 g/mol. The van der Waals surface area contributed by atoms with Gasteiger partial charge >= 0.3 is 0 Å². The Labute approximate surface area is 106 Å². The molecule has 1 heterocycles. The van der Waals surface area contributed by atoms with E-state index < -0.39 is 0 Å². The predicted molar refractivity (Wildman–Crippen MR) is 69.0 cm³/mol. The normalized spacial score (nSPS) is 10.2. The van der Waals surface area contributed by atoms with Crippen LogP contribution in [0, 0.1) is 0 Å². The second kappa shape index (κ2) is 6.75. The molecule has 1 amide bonds. The Kier molecular flexibility index (Phi) is 5.31. The highest BCUT2D eigenvalue weighted by Crippen LogP contribution is 2.06. The van der Waals surface area contributed by atoms with Crippen molar-refractivity contribution in [1.29, 1.82) is 0 Å². The number of amides is 1. The first-order chi connectivity index (χ1) is 8.58. The van der Waals surface area contributed by atoms with E-state index in [1.165, 1.54) is 10.7 Å². The summed E-state index contributed by atoms with van der Waals surface area (Å²) in [7, 11) is 1.91. The number of carbonyl (C=O) groups is 1. The molecule has 100 valence electrons. The van der Waals surface area contributed by atoms with Gasteiger partial charge in [-0.2, -0.15) is 5.10 Å². The van der Waals surface area contributed by atoms with Crippen LogP contribution in [0.5, 0.6) is 0 Å². The number of aromatic nitrogens is 2. The Balaban J connectivity index is 2.74. The van der Waals surface area contributed by atoms with Crippen molar-refractivity contribution in [2.45, 2.75) is 26.3 Å². The summed E-state index contributed by atoms with van der Waals surface area (Å²) in [6, 6.07) is 1.52. The zero-order valence-corrected chi connectivity index (χ0v) is 10.7. The Hall–Kier alpha value is -1.89. The van der Waals surface area contributed by atoms with Crippen molar-refractivity contribution in [3.05, 3.63) is 22.6 Å². The molecule has 0 aliphatic rings. The molecule has 0 bridgehead atoms. The molecule has 3 N–H and O–H groups in total. The first-order valence-corrected chi connectivity index (χ1v) is 5.86. The molecule has 0 spiro atoms. The lowest BCUT2D eigenvalue weighted by molar-refractivity contribution is -0.121. The minimum atomic E-state index is -0.323. The number of hydrogen-bond donors (Lipinski definition) is 2. The smallest absolute Gasteiger partial charge is 0.268 e. The van der Waals surface area contributed by atoms with E-state index in [9.17, 15) is 9.59 Å². The quantitative estimate of drug-likeness (QED) is 0.404. The highest BCUT2D eigenvalue weighted by molar-refractivity contribution is 5.74. The molecule has 1 aromatic heterocycles. The number of nitrogens with zero attached hydrogens (tertiary/aromatic N) is 3. The van der Waals surface area contributed by atoms with Crippen LogP contribution in [0.15, 0.2) is 17.1 Å². The second-order valence-corrected chi connectivity index (χ2v) is 4.01. The van der Waals surface area contributed by atoms with Crippen LogP contribution in [0.1, 0.15) is 19.8 Å². The van der Waals surface area contributed by atoms with Crippen LogP contribution in [0.4, 0.5) is 5.69 Å². The summed E-state index contributed by atoms with van der Waals surface area (Å²) in [5.41, 5.74) is 2.57. The highest BCUT2D eigenvalue weighted by Gasteiger charge is 2.05. The van der Waals surface area contributed by atoms with Gasteiger partial charge in [-0.05, 0) is 6.42 Å². The second-order valence-electron chi connectivity index (χ2n) is 4.01. The number of anilines is 1. The Morgan fingerprint density at radius 3 is 2.89 bits per heavy atom. The van der Waals surface area contributed by atoms with E-state index in [1.807, 2.05) is 17.4 Å². The predicted octanol–water partition coefficient (Wildman–Crippen LogP) is -0.530. The Morgan fingerprint density at radius 2 is 2.33 bits per heavy atom. The largest absolute Gasteiger partial charge is 0.373 e. The van der Waals surface area contributed by atoms with Crippen molar-refractivity contribution >= 4 is 11.6 Å². The zero-order chi connectivity index (χ0) is 13.5. The van der Waals surface area contributed by atoms with Crippen LogP contribution >= 0.6 is 0 Å². The molecule has 0 saturated heterocycles. The molecular formula is C11H19N5O2. The SMILES string of the molecule is CCCN(C)c1cnn(CCC(=O)NN)c(=O)c1. The molecule has 7 heteroatoms. The number of rotatable bonds is 6. The van der Waals surface area contributed by atoms with Crippen molar-refractivity contribution in [2.75, 3.05) is 18.5 Å². The Bertz CT molecular complexity index is 457. The number of aryl methyl sites for hydroxylation is 1. The average Bonchev–Trinajstić information content (AvgIpc) is 2.37. The summed E-state index contributed by atoms with van der Waals surface area (Å²) in [6.45, 7) is 3.15. The molecule has 0 atom stereocenters. The van der Waals surface area contributed by atoms with E-state index in [0.717, 1.165) is 18.7 Å². The Morgan fingerprint density at radius 1 is 1.61 bits per heavy atom. The van der Waals surface area contributed by atoms with Gasteiger partial charge < -0.3 is 4.90 Å². The number of nitrogens with one attached hydrogen (secondary N) is 1. The molecule has 0 aliphatic heterocycles.